The first-order valence-corrected chi connectivity index (χ1v) is 8.77. The Hall–Kier alpha value is -2.14. The molecule has 2 heterocycles. The average molecular weight is 326 g/mol. The molecule has 0 saturated carbocycles. The van der Waals surface area contributed by atoms with Crippen molar-refractivity contribution < 1.29 is 4.79 Å². The van der Waals surface area contributed by atoms with Gasteiger partial charge in [0.2, 0.25) is 0 Å². The monoisotopic (exact) mass is 326 g/mol. The van der Waals surface area contributed by atoms with E-state index < -0.39 is 0 Å². The molecule has 1 N–H and O–H groups in total. The van der Waals surface area contributed by atoms with Crippen molar-refractivity contribution in [2.24, 2.45) is 7.05 Å². The molecule has 5 nitrogen and oxygen atoms in total. The molecule has 5 heteroatoms. The molecule has 3 rings (SSSR count). The van der Waals surface area contributed by atoms with Crippen molar-refractivity contribution in [1.82, 2.24) is 20.0 Å². The lowest BCUT2D eigenvalue weighted by Gasteiger charge is -2.31. The molecule has 1 aromatic heterocycles. The van der Waals surface area contributed by atoms with Gasteiger partial charge in [0.1, 0.15) is 5.69 Å². The molecule has 1 amide bonds. The second-order valence-corrected chi connectivity index (χ2v) is 6.56. The van der Waals surface area contributed by atoms with Gasteiger partial charge in [0, 0.05) is 25.8 Å². The fourth-order valence-electron chi connectivity index (χ4n) is 3.37. The Kier molecular flexibility index (Phi) is 5.64. The van der Waals surface area contributed by atoms with Crippen LogP contribution in [0.3, 0.4) is 0 Å². The number of rotatable bonds is 6. The number of nitrogens with one attached hydrogen (secondary N) is 1. The Labute approximate surface area is 143 Å². The number of amides is 1. The van der Waals surface area contributed by atoms with Crippen LogP contribution in [0.15, 0.2) is 42.6 Å². The van der Waals surface area contributed by atoms with Gasteiger partial charge < -0.3 is 10.2 Å². The zero-order valence-corrected chi connectivity index (χ0v) is 14.3. The molecule has 1 aromatic carbocycles. The summed E-state index contributed by atoms with van der Waals surface area (Å²) in [5.41, 5.74) is 1.86. The van der Waals surface area contributed by atoms with Crippen LogP contribution in [0.2, 0.25) is 0 Å². The predicted octanol–water partition coefficient (Wildman–Crippen LogP) is 2.25. The minimum Gasteiger partial charge on any atom is -0.346 e. The summed E-state index contributed by atoms with van der Waals surface area (Å²) in [5, 5.41) is 7.30. The summed E-state index contributed by atoms with van der Waals surface area (Å²) in [7, 11) is 1.80. The third-order valence-corrected chi connectivity index (χ3v) is 4.64. The van der Waals surface area contributed by atoms with E-state index in [4.69, 9.17) is 0 Å². The molecular formula is C19H26N4O. The molecule has 0 aliphatic carbocycles. The van der Waals surface area contributed by atoms with E-state index in [0.717, 1.165) is 26.1 Å². The third-order valence-electron chi connectivity index (χ3n) is 4.64. The molecule has 0 radical (unpaired) electrons. The highest BCUT2D eigenvalue weighted by molar-refractivity contribution is 5.92. The minimum absolute atomic E-state index is 0.0482. The maximum Gasteiger partial charge on any atom is 0.269 e. The van der Waals surface area contributed by atoms with Crippen LogP contribution in [0, 0.1) is 0 Å². The maximum absolute atomic E-state index is 12.6. The van der Waals surface area contributed by atoms with Gasteiger partial charge in [0.05, 0.1) is 0 Å². The summed E-state index contributed by atoms with van der Waals surface area (Å²) < 4.78 is 1.62. The zero-order chi connectivity index (χ0) is 16.8. The number of carbonyl (C=O) groups excluding carboxylic acids is 1. The summed E-state index contributed by atoms with van der Waals surface area (Å²) in [5.74, 6) is -0.0482. The highest BCUT2D eigenvalue weighted by Crippen LogP contribution is 2.12. The van der Waals surface area contributed by atoms with Crippen LogP contribution in [-0.2, 0) is 13.5 Å². The smallest absolute Gasteiger partial charge is 0.269 e. The Bertz CT molecular complexity index is 646. The van der Waals surface area contributed by atoms with Crippen molar-refractivity contribution in [2.45, 2.75) is 31.7 Å². The third kappa shape index (κ3) is 4.45. The second-order valence-electron chi connectivity index (χ2n) is 6.56. The maximum atomic E-state index is 12.6. The number of likely N-dealkylation sites (tertiary alicyclic amines) is 1. The van der Waals surface area contributed by atoms with Gasteiger partial charge in [-0.3, -0.25) is 9.48 Å². The Morgan fingerprint density at radius 1 is 1.17 bits per heavy atom. The summed E-state index contributed by atoms with van der Waals surface area (Å²) in [6, 6.07) is 12.2. The average Bonchev–Trinajstić information content (AvgIpc) is 3.03. The van der Waals surface area contributed by atoms with E-state index in [1.165, 1.54) is 24.8 Å². The first kappa shape index (κ1) is 16.7. The molecule has 0 bridgehead atoms. The standard InChI is InChI=1S/C19H26N4O/c1-22-18(10-11-20-22)19(24)21-17(14-16-8-4-2-5-9-16)15-23-12-6-3-7-13-23/h2,4-5,8-11,17H,3,6-7,12-15H2,1H3,(H,21,24)/t17-/m0/s1. The molecule has 1 atom stereocenters. The van der Waals surface area contributed by atoms with Gasteiger partial charge in [-0.05, 0) is 44.0 Å². The van der Waals surface area contributed by atoms with Gasteiger partial charge in [-0.1, -0.05) is 36.8 Å². The number of piperidine rings is 1. The number of hydrogen-bond acceptors (Lipinski definition) is 3. The molecule has 2 aromatic rings. The van der Waals surface area contributed by atoms with E-state index in [0.29, 0.717) is 5.69 Å². The first-order chi connectivity index (χ1) is 11.7. The van der Waals surface area contributed by atoms with Crippen LogP contribution in [0.25, 0.3) is 0 Å². The van der Waals surface area contributed by atoms with Crippen LogP contribution in [0.1, 0.15) is 35.3 Å². The molecule has 1 saturated heterocycles. The van der Waals surface area contributed by atoms with E-state index in [1.54, 1.807) is 24.0 Å². The fourth-order valence-corrected chi connectivity index (χ4v) is 3.37. The van der Waals surface area contributed by atoms with Gasteiger partial charge in [0.25, 0.3) is 5.91 Å². The Morgan fingerprint density at radius 2 is 1.92 bits per heavy atom. The van der Waals surface area contributed by atoms with Crippen molar-refractivity contribution in [1.29, 1.82) is 0 Å². The molecule has 0 spiro atoms. The van der Waals surface area contributed by atoms with E-state index in [-0.39, 0.29) is 11.9 Å². The van der Waals surface area contributed by atoms with Gasteiger partial charge in [-0.25, -0.2) is 0 Å². The summed E-state index contributed by atoms with van der Waals surface area (Å²) in [6.07, 6.45) is 6.34. The highest BCUT2D eigenvalue weighted by Gasteiger charge is 2.20. The van der Waals surface area contributed by atoms with Crippen molar-refractivity contribution in [3.05, 3.63) is 53.9 Å². The number of hydrogen-bond donors (Lipinski definition) is 1. The lowest BCUT2D eigenvalue weighted by atomic mass is 10.0. The van der Waals surface area contributed by atoms with E-state index in [1.807, 2.05) is 6.07 Å². The molecule has 1 fully saturated rings. The van der Waals surface area contributed by atoms with Crippen LogP contribution >= 0.6 is 0 Å². The summed E-state index contributed by atoms with van der Waals surface area (Å²) in [6.45, 7) is 3.16. The SMILES string of the molecule is Cn1nccc1C(=O)N[C@@H](Cc1ccccc1)CN1CCCCC1. The van der Waals surface area contributed by atoms with E-state index >= 15 is 0 Å². The van der Waals surface area contributed by atoms with E-state index in [9.17, 15) is 4.79 Å². The van der Waals surface area contributed by atoms with Gasteiger partial charge in [0.15, 0.2) is 0 Å². The summed E-state index contributed by atoms with van der Waals surface area (Å²) >= 11 is 0. The lowest BCUT2D eigenvalue weighted by molar-refractivity contribution is 0.0911. The van der Waals surface area contributed by atoms with Crippen molar-refractivity contribution >= 4 is 5.91 Å². The zero-order valence-electron chi connectivity index (χ0n) is 14.3. The van der Waals surface area contributed by atoms with Gasteiger partial charge in [-0.2, -0.15) is 5.10 Å². The molecule has 1 aliphatic rings. The number of carbonyl (C=O) groups is 1. The topological polar surface area (TPSA) is 50.2 Å². The second kappa shape index (κ2) is 8.11. The molecular weight excluding hydrogens is 300 g/mol. The summed E-state index contributed by atoms with van der Waals surface area (Å²) in [4.78, 5) is 15.1. The molecule has 0 unspecified atom stereocenters. The Balaban J connectivity index is 1.68. The number of aryl methyl sites for hydroxylation is 1. The lowest BCUT2D eigenvalue weighted by Crippen LogP contribution is -2.46. The van der Waals surface area contributed by atoms with Gasteiger partial charge in [-0.15, -0.1) is 0 Å². The van der Waals surface area contributed by atoms with Gasteiger partial charge >= 0.3 is 0 Å². The number of aromatic nitrogens is 2. The number of benzene rings is 1. The van der Waals surface area contributed by atoms with Crippen molar-refractivity contribution in [3.63, 3.8) is 0 Å². The largest absolute Gasteiger partial charge is 0.346 e. The Morgan fingerprint density at radius 3 is 2.58 bits per heavy atom. The number of nitrogens with zero attached hydrogens (tertiary/aromatic N) is 3. The van der Waals surface area contributed by atoms with Crippen LogP contribution in [-0.4, -0.2) is 46.3 Å². The molecule has 1 aliphatic heterocycles. The van der Waals surface area contributed by atoms with Crippen molar-refractivity contribution in [3.8, 4) is 0 Å². The molecule has 128 valence electrons. The quantitative estimate of drug-likeness (QED) is 0.886. The van der Waals surface area contributed by atoms with E-state index in [2.05, 4.69) is 39.6 Å². The molecule has 24 heavy (non-hydrogen) atoms. The highest BCUT2D eigenvalue weighted by atomic mass is 16.2. The normalized spacial score (nSPS) is 16.7. The first-order valence-electron chi connectivity index (χ1n) is 8.77. The predicted molar refractivity (Wildman–Crippen MR) is 94.9 cm³/mol. The van der Waals surface area contributed by atoms with Crippen LogP contribution in [0.4, 0.5) is 0 Å². The minimum atomic E-state index is -0.0482. The van der Waals surface area contributed by atoms with Crippen molar-refractivity contribution in [2.75, 3.05) is 19.6 Å². The van der Waals surface area contributed by atoms with Crippen LogP contribution in [0.5, 0.6) is 0 Å². The fraction of sp³-hybridized carbons (Fsp3) is 0.474. The van der Waals surface area contributed by atoms with Crippen LogP contribution < -0.4 is 5.32 Å².